The van der Waals surface area contributed by atoms with Crippen LogP contribution in [0.2, 0.25) is 0 Å². The van der Waals surface area contributed by atoms with Crippen molar-refractivity contribution in [2.75, 3.05) is 23.5 Å². The predicted molar refractivity (Wildman–Crippen MR) is 65.3 cm³/mol. The normalized spacial score (nSPS) is 15.5. The van der Waals surface area contributed by atoms with E-state index < -0.39 is 47.5 Å². The second-order valence-electron chi connectivity index (χ2n) is 4.11. The predicted octanol–water partition coefficient (Wildman–Crippen LogP) is -0.797. The summed E-state index contributed by atoms with van der Waals surface area (Å²) in [6, 6.07) is 0. The van der Waals surface area contributed by atoms with E-state index >= 15 is 0 Å². The van der Waals surface area contributed by atoms with Gasteiger partial charge in [-0.1, -0.05) is 0 Å². The van der Waals surface area contributed by atoms with Gasteiger partial charge in [-0.2, -0.15) is 16.8 Å². The SMILES string of the molecule is CS(=O)(=O)CCC(CCS(=O)(=O)O)CS(=O)(=O)O. The van der Waals surface area contributed by atoms with E-state index in [0.717, 1.165) is 6.26 Å². The smallest absolute Gasteiger partial charge is 0.265 e. The van der Waals surface area contributed by atoms with E-state index in [0.29, 0.717) is 0 Å². The molecule has 0 spiro atoms. The summed E-state index contributed by atoms with van der Waals surface area (Å²) in [6.45, 7) is 0. The average Bonchev–Trinajstić information content (AvgIpc) is 2.05. The van der Waals surface area contributed by atoms with Crippen molar-refractivity contribution in [3.63, 3.8) is 0 Å². The van der Waals surface area contributed by atoms with Crippen LogP contribution >= 0.6 is 0 Å². The summed E-state index contributed by atoms with van der Waals surface area (Å²) in [5.74, 6) is -2.59. The van der Waals surface area contributed by atoms with Crippen molar-refractivity contribution < 1.29 is 34.4 Å². The molecule has 0 fully saturated rings. The zero-order valence-corrected chi connectivity index (χ0v) is 12.1. The second kappa shape index (κ2) is 6.28. The Kier molecular flexibility index (Phi) is 6.20. The van der Waals surface area contributed by atoms with E-state index in [1.54, 1.807) is 0 Å². The zero-order chi connectivity index (χ0) is 14.6. The molecule has 0 aromatic rings. The summed E-state index contributed by atoms with van der Waals surface area (Å²) >= 11 is 0. The first kappa shape index (κ1) is 17.8. The highest BCUT2D eigenvalue weighted by molar-refractivity contribution is 7.90. The lowest BCUT2D eigenvalue weighted by Crippen LogP contribution is -2.21. The maximum Gasteiger partial charge on any atom is 0.265 e. The molecule has 8 nitrogen and oxygen atoms in total. The third-order valence-corrected chi connectivity index (χ3v) is 4.75. The Morgan fingerprint density at radius 2 is 1.28 bits per heavy atom. The third-order valence-electron chi connectivity index (χ3n) is 2.13. The lowest BCUT2D eigenvalue weighted by Gasteiger charge is -2.13. The van der Waals surface area contributed by atoms with E-state index in [2.05, 4.69) is 0 Å². The fourth-order valence-electron chi connectivity index (χ4n) is 1.31. The Morgan fingerprint density at radius 1 is 0.833 bits per heavy atom. The first-order chi connectivity index (χ1) is 7.79. The van der Waals surface area contributed by atoms with Crippen LogP contribution in [0.15, 0.2) is 0 Å². The van der Waals surface area contributed by atoms with Gasteiger partial charge in [0.25, 0.3) is 20.2 Å². The van der Waals surface area contributed by atoms with E-state index in [1.165, 1.54) is 0 Å². The Balaban J connectivity index is 4.63. The molecule has 0 saturated carbocycles. The molecule has 11 heteroatoms. The molecule has 0 aliphatic heterocycles. The molecular weight excluding hydrogens is 308 g/mol. The molecule has 18 heavy (non-hydrogen) atoms. The Morgan fingerprint density at radius 3 is 1.61 bits per heavy atom. The Hall–Kier alpha value is -0.230. The summed E-state index contributed by atoms with van der Waals surface area (Å²) in [4.78, 5) is 0. The van der Waals surface area contributed by atoms with Crippen molar-refractivity contribution >= 4 is 30.1 Å². The Bertz CT molecular complexity index is 520. The molecule has 1 unspecified atom stereocenters. The van der Waals surface area contributed by atoms with Gasteiger partial charge in [0.15, 0.2) is 0 Å². The minimum absolute atomic E-state index is 0.103. The summed E-state index contributed by atoms with van der Waals surface area (Å²) in [6.07, 6.45) is 0.614. The van der Waals surface area contributed by atoms with Crippen molar-refractivity contribution in [2.45, 2.75) is 12.8 Å². The van der Waals surface area contributed by atoms with Gasteiger partial charge in [0.05, 0.1) is 17.3 Å². The van der Waals surface area contributed by atoms with Gasteiger partial charge in [-0.15, -0.1) is 0 Å². The summed E-state index contributed by atoms with van der Waals surface area (Å²) < 4.78 is 81.5. The highest BCUT2D eigenvalue weighted by Gasteiger charge is 2.21. The maximum absolute atomic E-state index is 10.9. The fourth-order valence-corrected chi connectivity index (χ4v) is 3.63. The van der Waals surface area contributed by atoms with E-state index in [4.69, 9.17) is 9.11 Å². The average molecular weight is 324 g/mol. The minimum atomic E-state index is -4.33. The van der Waals surface area contributed by atoms with Gasteiger partial charge in [0.2, 0.25) is 0 Å². The van der Waals surface area contributed by atoms with Crippen LogP contribution in [0.1, 0.15) is 12.8 Å². The van der Waals surface area contributed by atoms with Gasteiger partial charge in [0, 0.05) is 6.26 Å². The maximum atomic E-state index is 10.9. The van der Waals surface area contributed by atoms with Gasteiger partial charge in [-0.3, -0.25) is 9.11 Å². The molecule has 0 aromatic heterocycles. The summed E-state index contributed by atoms with van der Waals surface area (Å²) in [5, 5.41) is 0. The van der Waals surface area contributed by atoms with Crippen molar-refractivity contribution in [2.24, 2.45) is 5.92 Å². The highest BCUT2D eigenvalue weighted by Crippen LogP contribution is 2.14. The van der Waals surface area contributed by atoms with Crippen molar-refractivity contribution in [3.8, 4) is 0 Å². The van der Waals surface area contributed by atoms with Crippen LogP contribution in [0.25, 0.3) is 0 Å². The molecule has 0 aliphatic carbocycles. The number of sulfone groups is 1. The second-order valence-corrected chi connectivity index (χ2v) is 9.44. The van der Waals surface area contributed by atoms with E-state index in [-0.39, 0.29) is 18.6 Å². The minimum Gasteiger partial charge on any atom is -0.286 e. The molecule has 0 saturated heterocycles. The van der Waals surface area contributed by atoms with Crippen LogP contribution in [0.4, 0.5) is 0 Å². The lowest BCUT2D eigenvalue weighted by molar-refractivity contribution is 0.443. The van der Waals surface area contributed by atoms with E-state index in [9.17, 15) is 25.3 Å². The molecule has 0 amide bonds. The van der Waals surface area contributed by atoms with Crippen molar-refractivity contribution in [1.82, 2.24) is 0 Å². The van der Waals surface area contributed by atoms with Crippen molar-refractivity contribution in [3.05, 3.63) is 0 Å². The molecule has 0 heterocycles. The van der Waals surface area contributed by atoms with Gasteiger partial charge in [0.1, 0.15) is 9.84 Å². The molecular formula is C7H16O8S3. The van der Waals surface area contributed by atoms with Gasteiger partial charge < -0.3 is 0 Å². The Labute approximate surface area is 107 Å². The molecule has 1 atom stereocenters. The standard InChI is InChI=1S/C7H16O8S3/c1-16(8,9)4-2-7(6-18(13,14)15)3-5-17(10,11)12/h7H,2-6H2,1H3,(H,10,11,12)(H,13,14,15). The van der Waals surface area contributed by atoms with Crippen LogP contribution < -0.4 is 0 Å². The number of hydrogen-bond acceptors (Lipinski definition) is 6. The van der Waals surface area contributed by atoms with E-state index in [1.807, 2.05) is 0 Å². The number of rotatable bonds is 8. The largest absolute Gasteiger partial charge is 0.286 e. The van der Waals surface area contributed by atoms with Gasteiger partial charge >= 0.3 is 0 Å². The molecule has 0 aromatic carbocycles. The van der Waals surface area contributed by atoms with Crippen LogP contribution in [-0.4, -0.2) is 57.9 Å². The van der Waals surface area contributed by atoms with Crippen LogP contribution in [0, 0.1) is 5.92 Å². The number of hydrogen-bond donors (Lipinski definition) is 2. The highest BCUT2D eigenvalue weighted by atomic mass is 32.2. The van der Waals surface area contributed by atoms with Gasteiger partial charge in [-0.25, -0.2) is 8.42 Å². The first-order valence-corrected chi connectivity index (χ1v) is 10.1. The van der Waals surface area contributed by atoms with Crippen LogP contribution in [-0.2, 0) is 30.1 Å². The fraction of sp³-hybridized carbons (Fsp3) is 1.00. The van der Waals surface area contributed by atoms with Crippen LogP contribution in [0.5, 0.6) is 0 Å². The molecule has 0 aliphatic rings. The van der Waals surface area contributed by atoms with Gasteiger partial charge in [-0.05, 0) is 18.8 Å². The van der Waals surface area contributed by atoms with Crippen LogP contribution in [0.3, 0.4) is 0 Å². The lowest BCUT2D eigenvalue weighted by atomic mass is 10.1. The molecule has 0 rings (SSSR count). The first-order valence-electron chi connectivity index (χ1n) is 4.86. The molecule has 0 bridgehead atoms. The quantitative estimate of drug-likeness (QED) is 0.552. The molecule has 2 N–H and O–H groups in total. The third kappa shape index (κ3) is 12.2. The summed E-state index contributed by atoms with van der Waals surface area (Å²) in [5.41, 5.74) is 0. The monoisotopic (exact) mass is 324 g/mol. The summed E-state index contributed by atoms with van der Waals surface area (Å²) in [7, 11) is -11.9. The van der Waals surface area contributed by atoms with Crippen molar-refractivity contribution in [1.29, 1.82) is 0 Å². The topological polar surface area (TPSA) is 143 Å². The molecule has 110 valence electrons. The molecule has 0 radical (unpaired) electrons. The zero-order valence-electron chi connectivity index (χ0n) is 9.68.